The van der Waals surface area contributed by atoms with E-state index in [0.717, 1.165) is 34.3 Å². The van der Waals surface area contributed by atoms with Gasteiger partial charge in [0, 0.05) is 41.5 Å². The topological polar surface area (TPSA) is 57.8 Å². The molecule has 0 bridgehead atoms. The van der Waals surface area contributed by atoms with E-state index in [4.69, 9.17) is 0 Å². The zero-order valence-electron chi connectivity index (χ0n) is 11.9. The van der Waals surface area contributed by atoms with Gasteiger partial charge in [0.05, 0.1) is 5.56 Å². The van der Waals surface area contributed by atoms with E-state index < -0.39 is 0 Å². The number of nitrogens with zero attached hydrogens (tertiary/aromatic N) is 1. The van der Waals surface area contributed by atoms with Crippen LogP contribution in [0, 0.1) is 6.92 Å². The first-order valence-corrected chi connectivity index (χ1v) is 7.01. The molecule has 3 rings (SSSR count). The normalized spacial score (nSPS) is 10.7. The molecular weight excluding hydrogens is 262 g/mol. The van der Waals surface area contributed by atoms with Crippen molar-refractivity contribution >= 4 is 16.8 Å². The lowest BCUT2D eigenvalue weighted by Gasteiger charge is -2.05. The predicted octanol–water partition coefficient (Wildman–Crippen LogP) is 2.84. The predicted molar refractivity (Wildman–Crippen MR) is 83.3 cm³/mol. The maximum atomic E-state index is 12.4. The van der Waals surface area contributed by atoms with Crippen molar-refractivity contribution in [3.63, 3.8) is 0 Å². The van der Waals surface area contributed by atoms with Crippen molar-refractivity contribution in [3.05, 3.63) is 65.6 Å². The van der Waals surface area contributed by atoms with E-state index in [9.17, 15) is 4.79 Å². The third-order valence-corrected chi connectivity index (χ3v) is 3.51. The Hall–Kier alpha value is -2.62. The van der Waals surface area contributed by atoms with Crippen LogP contribution in [0.2, 0.25) is 0 Å². The van der Waals surface area contributed by atoms with Crippen molar-refractivity contribution in [2.24, 2.45) is 0 Å². The molecule has 0 spiro atoms. The van der Waals surface area contributed by atoms with E-state index in [0.29, 0.717) is 6.54 Å². The van der Waals surface area contributed by atoms with Gasteiger partial charge in [-0.05, 0) is 25.1 Å². The summed E-state index contributed by atoms with van der Waals surface area (Å²) in [5.74, 6) is -0.0409. The fourth-order valence-corrected chi connectivity index (χ4v) is 2.51. The fourth-order valence-electron chi connectivity index (χ4n) is 2.51. The fraction of sp³-hybridized carbons (Fsp3) is 0.176. The van der Waals surface area contributed by atoms with Gasteiger partial charge in [-0.1, -0.05) is 24.3 Å². The Morgan fingerprint density at radius 2 is 2.00 bits per heavy atom. The highest BCUT2D eigenvalue weighted by Gasteiger charge is 2.15. The van der Waals surface area contributed by atoms with Crippen molar-refractivity contribution < 1.29 is 4.79 Å². The molecule has 3 aromatic rings. The van der Waals surface area contributed by atoms with Crippen molar-refractivity contribution in [3.8, 4) is 0 Å². The van der Waals surface area contributed by atoms with Gasteiger partial charge in [0.25, 0.3) is 5.91 Å². The Labute approximate surface area is 123 Å². The van der Waals surface area contributed by atoms with Gasteiger partial charge in [-0.15, -0.1) is 0 Å². The number of amides is 1. The number of carbonyl (C=O) groups excluding carboxylic acids is 1. The summed E-state index contributed by atoms with van der Waals surface area (Å²) in [7, 11) is 0. The summed E-state index contributed by atoms with van der Waals surface area (Å²) in [6.07, 6.45) is 2.49. The molecule has 4 nitrogen and oxygen atoms in total. The first kappa shape index (κ1) is 13.4. The molecule has 0 saturated carbocycles. The molecule has 0 saturated heterocycles. The summed E-state index contributed by atoms with van der Waals surface area (Å²) in [4.78, 5) is 19.9. The lowest BCUT2D eigenvalue weighted by molar-refractivity contribution is 0.0955. The molecule has 0 unspecified atom stereocenters. The molecule has 0 aliphatic heterocycles. The molecule has 4 heteroatoms. The Morgan fingerprint density at radius 3 is 2.81 bits per heavy atom. The SMILES string of the molecule is Cc1[nH]c2ccccc2c1C(=O)NCCc1ccccn1. The Balaban J connectivity index is 1.71. The molecular formula is C17H17N3O. The molecule has 21 heavy (non-hydrogen) atoms. The minimum atomic E-state index is -0.0409. The molecule has 106 valence electrons. The molecule has 2 N–H and O–H groups in total. The second-order valence-electron chi connectivity index (χ2n) is 5.00. The van der Waals surface area contributed by atoms with Crippen LogP contribution in [0.4, 0.5) is 0 Å². The van der Waals surface area contributed by atoms with Crippen LogP contribution in [0.1, 0.15) is 21.7 Å². The van der Waals surface area contributed by atoms with Gasteiger partial charge >= 0.3 is 0 Å². The lowest BCUT2D eigenvalue weighted by Crippen LogP contribution is -2.26. The molecule has 1 aromatic carbocycles. The number of hydrogen-bond acceptors (Lipinski definition) is 2. The van der Waals surface area contributed by atoms with Crippen molar-refractivity contribution in [1.29, 1.82) is 0 Å². The Morgan fingerprint density at radius 1 is 1.19 bits per heavy atom. The lowest BCUT2D eigenvalue weighted by atomic mass is 10.1. The van der Waals surface area contributed by atoms with Gasteiger partial charge in [0.15, 0.2) is 0 Å². The minimum absolute atomic E-state index is 0.0409. The number of carbonyl (C=O) groups is 1. The summed E-state index contributed by atoms with van der Waals surface area (Å²) in [6, 6.07) is 13.6. The first-order chi connectivity index (χ1) is 10.3. The molecule has 0 aliphatic rings. The molecule has 0 atom stereocenters. The summed E-state index contributed by atoms with van der Waals surface area (Å²) in [5.41, 5.74) is 3.59. The molecule has 0 fully saturated rings. The highest BCUT2D eigenvalue weighted by atomic mass is 16.1. The number of aromatic nitrogens is 2. The van der Waals surface area contributed by atoms with Crippen LogP contribution in [0.25, 0.3) is 10.9 Å². The first-order valence-electron chi connectivity index (χ1n) is 7.01. The summed E-state index contributed by atoms with van der Waals surface area (Å²) in [6.45, 7) is 2.50. The van der Waals surface area contributed by atoms with E-state index >= 15 is 0 Å². The molecule has 2 aromatic heterocycles. The van der Waals surface area contributed by atoms with Crippen LogP contribution in [-0.4, -0.2) is 22.4 Å². The number of rotatable bonds is 4. The number of benzene rings is 1. The maximum Gasteiger partial charge on any atom is 0.253 e. The zero-order valence-corrected chi connectivity index (χ0v) is 11.9. The second kappa shape index (κ2) is 5.79. The minimum Gasteiger partial charge on any atom is -0.358 e. The van der Waals surface area contributed by atoms with Gasteiger partial charge in [0.2, 0.25) is 0 Å². The highest BCUT2D eigenvalue weighted by molar-refractivity contribution is 6.08. The number of aryl methyl sites for hydroxylation is 1. The van der Waals surface area contributed by atoms with Crippen LogP contribution < -0.4 is 5.32 Å². The van der Waals surface area contributed by atoms with E-state index in [-0.39, 0.29) is 5.91 Å². The maximum absolute atomic E-state index is 12.4. The molecule has 0 radical (unpaired) electrons. The number of hydrogen-bond donors (Lipinski definition) is 2. The van der Waals surface area contributed by atoms with Crippen molar-refractivity contribution in [1.82, 2.24) is 15.3 Å². The smallest absolute Gasteiger partial charge is 0.253 e. The molecule has 2 heterocycles. The van der Waals surface area contributed by atoms with Gasteiger partial charge in [-0.2, -0.15) is 0 Å². The third-order valence-electron chi connectivity index (χ3n) is 3.51. The van der Waals surface area contributed by atoms with E-state index in [1.54, 1.807) is 6.20 Å². The van der Waals surface area contributed by atoms with Crippen molar-refractivity contribution in [2.75, 3.05) is 6.54 Å². The third kappa shape index (κ3) is 2.79. The number of H-pyrrole nitrogens is 1. The van der Waals surface area contributed by atoms with E-state index in [2.05, 4.69) is 15.3 Å². The summed E-state index contributed by atoms with van der Waals surface area (Å²) in [5, 5.41) is 3.93. The molecule has 0 aliphatic carbocycles. The number of para-hydroxylation sites is 1. The average molecular weight is 279 g/mol. The average Bonchev–Trinajstić information content (AvgIpc) is 2.84. The standard InChI is InChI=1S/C17H17N3O/c1-12-16(14-7-2-3-8-15(14)20-12)17(21)19-11-9-13-6-4-5-10-18-13/h2-8,10,20H,9,11H2,1H3,(H,19,21). The van der Waals surface area contributed by atoms with Gasteiger partial charge in [0.1, 0.15) is 0 Å². The largest absolute Gasteiger partial charge is 0.358 e. The monoisotopic (exact) mass is 279 g/mol. The summed E-state index contributed by atoms with van der Waals surface area (Å²) < 4.78 is 0. The number of aromatic amines is 1. The Bertz CT molecular complexity index is 762. The molecule has 1 amide bonds. The quantitative estimate of drug-likeness (QED) is 0.771. The van der Waals surface area contributed by atoms with Crippen molar-refractivity contribution in [2.45, 2.75) is 13.3 Å². The highest BCUT2D eigenvalue weighted by Crippen LogP contribution is 2.21. The van der Waals surface area contributed by atoms with Crippen LogP contribution >= 0.6 is 0 Å². The Kier molecular flexibility index (Phi) is 3.69. The number of pyridine rings is 1. The number of fused-ring (bicyclic) bond motifs is 1. The van der Waals surface area contributed by atoms with Crippen LogP contribution in [-0.2, 0) is 6.42 Å². The van der Waals surface area contributed by atoms with Gasteiger partial charge in [-0.25, -0.2) is 0 Å². The van der Waals surface area contributed by atoms with E-state index in [1.807, 2.05) is 49.4 Å². The second-order valence-corrected chi connectivity index (χ2v) is 5.00. The van der Waals surface area contributed by atoms with Crippen LogP contribution in [0.5, 0.6) is 0 Å². The van der Waals surface area contributed by atoms with Gasteiger partial charge in [-0.3, -0.25) is 9.78 Å². The number of nitrogens with one attached hydrogen (secondary N) is 2. The van der Waals surface area contributed by atoms with E-state index in [1.165, 1.54) is 0 Å². The van der Waals surface area contributed by atoms with Gasteiger partial charge < -0.3 is 10.3 Å². The van der Waals surface area contributed by atoms with Crippen LogP contribution in [0.15, 0.2) is 48.7 Å². The van der Waals surface area contributed by atoms with Crippen LogP contribution in [0.3, 0.4) is 0 Å². The summed E-state index contributed by atoms with van der Waals surface area (Å²) >= 11 is 0. The zero-order chi connectivity index (χ0) is 14.7.